The summed E-state index contributed by atoms with van der Waals surface area (Å²) in [7, 11) is 0. The van der Waals surface area contributed by atoms with Crippen molar-refractivity contribution in [1.29, 1.82) is 10.5 Å². The molecule has 0 saturated carbocycles. The highest BCUT2D eigenvalue weighted by molar-refractivity contribution is 5.71. The average molecular weight is 388 g/mol. The topological polar surface area (TPSA) is 97.4 Å². The minimum Gasteiger partial charge on any atom is -0.339 e. The highest BCUT2D eigenvalue weighted by atomic mass is 15.1. The van der Waals surface area contributed by atoms with Gasteiger partial charge in [-0.05, 0) is 36.4 Å². The van der Waals surface area contributed by atoms with Gasteiger partial charge in [-0.1, -0.05) is 42.5 Å². The fraction of sp³-hybridized carbons (Fsp3) is 0. The van der Waals surface area contributed by atoms with Crippen LogP contribution in [-0.4, -0.2) is 9.97 Å². The Bertz CT molecular complexity index is 1250. The summed E-state index contributed by atoms with van der Waals surface area (Å²) < 4.78 is 0. The molecule has 0 saturated heterocycles. The molecule has 30 heavy (non-hydrogen) atoms. The zero-order chi connectivity index (χ0) is 20.8. The van der Waals surface area contributed by atoms with Crippen LogP contribution >= 0.6 is 0 Å². The van der Waals surface area contributed by atoms with Crippen LogP contribution in [0, 0.1) is 22.7 Å². The van der Waals surface area contributed by atoms with E-state index in [9.17, 15) is 5.26 Å². The number of rotatable bonds is 5. The molecule has 0 atom stereocenters. The molecule has 0 aliphatic heterocycles. The fourth-order valence-corrected chi connectivity index (χ4v) is 2.91. The summed E-state index contributed by atoms with van der Waals surface area (Å²) in [6, 6.07) is 30.2. The summed E-state index contributed by atoms with van der Waals surface area (Å²) >= 11 is 0. The van der Waals surface area contributed by atoms with Crippen LogP contribution in [0.4, 0.5) is 23.1 Å². The van der Waals surface area contributed by atoms with E-state index >= 15 is 0 Å². The summed E-state index contributed by atoms with van der Waals surface area (Å²) in [6.45, 7) is 0. The SMILES string of the molecule is N#Cc1ccc(Nc2nc(Nc3ccccc3C#N)cc(-c3ccccc3)n2)cc1. The van der Waals surface area contributed by atoms with Gasteiger partial charge in [0.15, 0.2) is 0 Å². The number of anilines is 4. The minimum absolute atomic E-state index is 0.401. The Labute approximate surface area is 174 Å². The molecule has 0 aliphatic rings. The van der Waals surface area contributed by atoms with Crippen molar-refractivity contribution in [3.8, 4) is 23.4 Å². The number of hydrogen-bond donors (Lipinski definition) is 2. The maximum atomic E-state index is 9.36. The van der Waals surface area contributed by atoms with Gasteiger partial charge in [-0.3, -0.25) is 0 Å². The van der Waals surface area contributed by atoms with Crippen LogP contribution in [0.25, 0.3) is 11.3 Å². The van der Waals surface area contributed by atoms with Crippen molar-refractivity contribution >= 4 is 23.1 Å². The molecule has 6 heteroatoms. The highest BCUT2D eigenvalue weighted by Crippen LogP contribution is 2.26. The van der Waals surface area contributed by atoms with E-state index in [4.69, 9.17) is 5.26 Å². The second-order valence-electron chi connectivity index (χ2n) is 6.42. The predicted molar refractivity (Wildman–Crippen MR) is 116 cm³/mol. The van der Waals surface area contributed by atoms with Crippen molar-refractivity contribution in [2.75, 3.05) is 10.6 Å². The Hall–Kier alpha value is -4.68. The van der Waals surface area contributed by atoms with Gasteiger partial charge in [-0.2, -0.15) is 15.5 Å². The van der Waals surface area contributed by atoms with Crippen molar-refractivity contribution in [3.05, 3.63) is 96.1 Å². The molecule has 4 aromatic rings. The normalized spacial score (nSPS) is 9.93. The second kappa shape index (κ2) is 8.55. The molecule has 1 aromatic heterocycles. The van der Waals surface area contributed by atoms with Crippen molar-refractivity contribution < 1.29 is 0 Å². The number of hydrogen-bond acceptors (Lipinski definition) is 6. The second-order valence-corrected chi connectivity index (χ2v) is 6.42. The Kier molecular flexibility index (Phi) is 5.32. The monoisotopic (exact) mass is 388 g/mol. The molecule has 1 heterocycles. The lowest BCUT2D eigenvalue weighted by atomic mass is 10.1. The molecule has 0 amide bonds. The largest absolute Gasteiger partial charge is 0.339 e. The van der Waals surface area contributed by atoms with E-state index in [2.05, 4.69) is 32.7 Å². The van der Waals surface area contributed by atoms with Gasteiger partial charge in [-0.15, -0.1) is 0 Å². The standard InChI is InChI=1S/C24H16N6/c25-15-17-10-12-20(13-11-17)27-24-29-22(18-6-2-1-3-7-18)14-23(30-24)28-21-9-5-4-8-19(21)16-26/h1-14H,(H2,27,28,29,30). The first-order chi connectivity index (χ1) is 14.7. The third kappa shape index (κ3) is 4.24. The fourth-order valence-electron chi connectivity index (χ4n) is 2.91. The number of benzene rings is 3. The Balaban J connectivity index is 1.72. The first kappa shape index (κ1) is 18.7. The van der Waals surface area contributed by atoms with E-state index in [-0.39, 0.29) is 0 Å². The van der Waals surface area contributed by atoms with Crippen molar-refractivity contribution in [2.45, 2.75) is 0 Å². The summed E-state index contributed by atoms with van der Waals surface area (Å²) in [5.41, 5.74) is 4.22. The molecule has 0 spiro atoms. The van der Waals surface area contributed by atoms with Crippen LogP contribution in [0.3, 0.4) is 0 Å². The van der Waals surface area contributed by atoms with Crippen molar-refractivity contribution in [1.82, 2.24) is 9.97 Å². The van der Waals surface area contributed by atoms with Gasteiger partial charge < -0.3 is 10.6 Å². The van der Waals surface area contributed by atoms with Crippen molar-refractivity contribution in [2.24, 2.45) is 0 Å². The molecule has 0 aliphatic carbocycles. The first-order valence-corrected chi connectivity index (χ1v) is 9.23. The third-order valence-electron chi connectivity index (χ3n) is 4.38. The van der Waals surface area contributed by atoms with E-state index in [0.717, 1.165) is 16.9 Å². The lowest BCUT2D eigenvalue weighted by Crippen LogP contribution is -2.03. The quantitative estimate of drug-likeness (QED) is 0.477. The van der Waals surface area contributed by atoms with Crippen LogP contribution in [0.2, 0.25) is 0 Å². The van der Waals surface area contributed by atoms with E-state index in [1.54, 1.807) is 30.3 Å². The molecule has 0 radical (unpaired) electrons. The van der Waals surface area contributed by atoms with Crippen molar-refractivity contribution in [3.63, 3.8) is 0 Å². The van der Waals surface area contributed by atoms with Crippen LogP contribution in [0.1, 0.15) is 11.1 Å². The molecule has 0 fully saturated rings. The van der Waals surface area contributed by atoms with Gasteiger partial charge in [0.2, 0.25) is 5.95 Å². The van der Waals surface area contributed by atoms with E-state index in [1.165, 1.54) is 0 Å². The summed E-state index contributed by atoms with van der Waals surface area (Å²) in [4.78, 5) is 9.19. The predicted octanol–water partition coefficient (Wildman–Crippen LogP) is 5.37. The minimum atomic E-state index is 0.401. The Morgan fingerprint density at radius 3 is 2.17 bits per heavy atom. The summed E-state index contributed by atoms with van der Waals surface area (Å²) in [5, 5.41) is 24.7. The third-order valence-corrected chi connectivity index (χ3v) is 4.38. The summed E-state index contributed by atoms with van der Waals surface area (Å²) in [6.07, 6.45) is 0. The first-order valence-electron chi connectivity index (χ1n) is 9.23. The lowest BCUT2D eigenvalue weighted by molar-refractivity contribution is 1.17. The van der Waals surface area contributed by atoms with Gasteiger partial charge in [0.25, 0.3) is 0 Å². The number of nitrogens with one attached hydrogen (secondary N) is 2. The molecule has 0 bridgehead atoms. The number of nitrogens with zero attached hydrogens (tertiary/aromatic N) is 4. The van der Waals surface area contributed by atoms with Gasteiger partial charge >= 0.3 is 0 Å². The van der Waals surface area contributed by atoms with E-state index in [1.807, 2.05) is 54.6 Å². The lowest BCUT2D eigenvalue weighted by Gasteiger charge is -2.12. The Morgan fingerprint density at radius 1 is 0.700 bits per heavy atom. The highest BCUT2D eigenvalue weighted by Gasteiger charge is 2.09. The summed E-state index contributed by atoms with van der Waals surface area (Å²) in [5.74, 6) is 0.959. The van der Waals surface area contributed by atoms with Gasteiger partial charge in [0.05, 0.1) is 28.6 Å². The zero-order valence-electron chi connectivity index (χ0n) is 15.9. The molecule has 2 N–H and O–H groups in total. The smallest absolute Gasteiger partial charge is 0.229 e. The molecule has 4 rings (SSSR count). The molecular formula is C24H16N6. The number of para-hydroxylation sites is 1. The molecule has 3 aromatic carbocycles. The van der Waals surface area contributed by atoms with Crippen LogP contribution in [0.5, 0.6) is 0 Å². The Morgan fingerprint density at radius 2 is 1.43 bits per heavy atom. The van der Waals surface area contributed by atoms with E-state index < -0.39 is 0 Å². The van der Waals surface area contributed by atoms with Gasteiger partial charge in [0.1, 0.15) is 11.9 Å². The maximum Gasteiger partial charge on any atom is 0.229 e. The molecule has 0 unspecified atom stereocenters. The van der Waals surface area contributed by atoms with E-state index in [0.29, 0.717) is 28.6 Å². The van der Waals surface area contributed by atoms with Gasteiger partial charge in [-0.25, -0.2) is 4.98 Å². The maximum absolute atomic E-state index is 9.36. The van der Waals surface area contributed by atoms with Crippen LogP contribution < -0.4 is 10.6 Å². The zero-order valence-corrected chi connectivity index (χ0v) is 15.9. The van der Waals surface area contributed by atoms with Crippen LogP contribution in [0.15, 0.2) is 84.9 Å². The van der Waals surface area contributed by atoms with Gasteiger partial charge in [0, 0.05) is 17.3 Å². The molecule has 142 valence electrons. The molecule has 6 nitrogen and oxygen atoms in total. The van der Waals surface area contributed by atoms with Crippen LogP contribution in [-0.2, 0) is 0 Å². The average Bonchev–Trinajstić information content (AvgIpc) is 2.80. The number of aromatic nitrogens is 2. The number of nitriles is 2. The molecular weight excluding hydrogens is 372 g/mol.